The van der Waals surface area contributed by atoms with Crippen LogP contribution in [0.15, 0.2) is 12.1 Å². The van der Waals surface area contributed by atoms with E-state index in [-0.39, 0.29) is 11.3 Å². The van der Waals surface area contributed by atoms with E-state index >= 15 is 0 Å². The Labute approximate surface area is 138 Å². The van der Waals surface area contributed by atoms with E-state index in [0.717, 1.165) is 25.2 Å². The van der Waals surface area contributed by atoms with E-state index in [4.69, 9.17) is 4.74 Å². The van der Waals surface area contributed by atoms with Crippen molar-refractivity contribution in [1.82, 2.24) is 0 Å². The van der Waals surface area contributed by atoms with Gasteiger partial charge in [-0.2, -0.15) is 4.39 Å². The summed E-state index contributed by atoms with van der Waals surface area (Å²) in [6.07, 6.45) is 7.82. The van der Waals surface area contributed by atoms with Crippen LogP contribution in [-0.4, -0.2) is 6.61 Å². The van der Waals surface area contributed by atoms with Crippen LogP contribution < -0.4 is 4.74 Å². The summed E-state index contributed by atoms with van der Waals surface area (Å²) in [5, 5.41) is 0. The number of hydrogen-bond donors (Lipinski definition) is 0. The van der Waals surface area contributed by atoms with Crippen LogP contribution in [0.1, 0.15) is 64.4 Å². The molecular formula is C20H26F2O. The number of hydrogen-bond acceptors (Lipinski definition) is 1. The minimum atomic E-state index is -0.933. The minimum absolute atomic E-state index is 0.0324. The molecule has 2 rings (SSSR count). The van der Waals surface area contributed by atoms with Crippen molar-refractivity contribution in [2.24, 2.45) is 11.8 Å². The minimum Gasteiger partial charge on any atom is -0.490 e. The molecule has 1 aromatic carbocycles. The first-order valence-corrected chi connectivity index (χ1v) is 8.78. The van der Waals surface area contributed by atoms with Crippen molar-refractivity contribution in [3.63, 3.8) is 0 Å². The third kappa shape index (κ3) is 4.96. The van der Waals surface area contributed by atoms with Gasteiger partial charge in [0.15, 0.2) is 11.6 Å². The summed E-state index contributed by atoms with van der Waals surface area (Å²) in [4.78, 5) is 0. The van der Waals surface area contributed by atoms with Crippen LogP contribution >= 0.6 is 0 Å². The van der Waals surface area contributed by atoms with Crippen molar-refractivity contribution >= 4 is 0 Å². The molecule has 1 saturated carbocycles. The average molecular weight is 320 g/mol. The van der Waals surface area contributed by atoms with Crippen molar-refractivity contribution in [3.8, 4) is 17.6 Å². The zero-order valence-electron chi connectivity index (χ0n) is 14.1. The van der Waals surface area contributed by atoms with Gasteiger partial charge in [-0.15, -0.1) is 0 Å². The maximum Gasteiger partial charge on any atom is 0.201 e. The van der Waals surface area contributed by atoms with Gasteiger partial charge in [-0.05, 0) is 50.2 Å². The zero-order valence-corrected chi connectivity index (χ0v) is 14.1. The predicted octanol–water partition coefficient (Wildman–Crippen LogP) is 5.71. The van der Waals surface area contributed by atoms with Gasteiger partial charge in [-0.3, -0.25) is 0 Å². The van der Waals surface area contributed by atoms with Gasteiger partial charge in [0.1, 0.15) is 0 Å². The SMILES string of the molecule is CCCOc1ccc(C#CC2CCC(CCC)CC2)c(F)c1F. The summed E-state index contributed by atoms with van der Waals surface area (Å²) in [6, 6.07) is 2.98. The average Bonchev–Trinajstić information content (AvgIpc) is 2.57. The molecule has 1 aliphatic rings. The first-order chi connectivity index (χ1) is 11.2. The Hall–Kier alpha value is -1.56. The summed E-state index contributed by atoms with van der Waals surface area (Å²) in [5.74, 6) is 5.23. The molecule has 1 nitrogen and oxygen atoms in total. The zero-order chi connectivity index (χ0) is 16.7. The fourth-order valence-electron chi connectivity index (χ4n) is 3.14. The Bertz CT molecular complexity index is 563. The van der Waals surface area contributed by atoms with Crippen molar-refractivity contribution < 1.29 is 13.5 Å². The smallest absolute Gasteiger partial charge is 0.201 e. The van der Waals surface area contributed by atoms with E-state index in [9.17, 15) is 8.78 Å². The second-order valence-electron chi connectivity index (χ2n) is 6.36. The second-order valence-corrected chi connectivity index (χ2v) is 6.36. The molecule has 0 atom stereocenters. The Balaban J connectivity index is 2.00. The molecule has 0 saturated heterocycles. The Kier molecular flexibility index (Phi) is 6.89. The van der Waals surface area contributed by atoms with E-state index in [2.05, 4.69) is 18.8 Å². The molecule has 126 valence electrons. The summed E-state index contributed by atoms with van der Waals surface area (Å²) in [5.41, 5.74) is 0.127. The first kappa shape index (κ1) is 17.8. The van der Waals surface area contributed by atoms with Crippen molar-refractivity contribution in [3.05, 3.63) is 29.3 Å². The fourth-order valence-corrected chi connectivity index (χ4v) is 3.14. The largest absolute Gasteiger partial charge is 0.490 e. The van der Waals surface area contributed by atoms with Gasteiger partial charge in [-0.25, -0.2) is 4.39 Å². The fraction of sp³-hybridized carbons (Fsp3) is 0.600. The molecule has 0 bridgehead atoms. The molecule has 3 heteroatoms. The van der Waals surface area contributed by atoms with Crippen LogP contribution in [0.25, 0.3) is 0 Å². The van der Waals surface area contributed by atoms with Crippen molar-refractivity contribution in [2.75, 3.05) is 6.61 Å². The molecule has 1 fully saturated rings. The first-order valence-electron chi connectivity index (χ1n) is 8.78. The van der Waals surface area contributed by atoms with E-state index in [1.54, 1.807) is 0 Å². The lowest BCUT2D eigenvalue weighted by Crippen LogP contribution is -2.13. The number of halogens is 2. The van der Waals surface area contributed by atoms with E-state index in [1.807, 2.05) is 6.92 Å². The molecule has 1 aliphatic carbocycles. The highest BCUT2D eigenvalue weighted by Crippen LogP contribution is 2.31. The molecule has 0 heterocycles. The molecule has 0 N–H and O–H groups in total. The van der Waals surface area contributed by atoms with Crippen LogP contribution in [-0.2, 0) is 0 Å². The molecule has 0 radical (unpaired) electrons. The van der Waals surface area contributed by atoms with Gasteiger partial charge >= 0.3 is 0 Å². The maximum absolute atomic E-state index is 14.0. The van der Waals surface area contributed by atoms with Crippen LogP contribution in [0.3, 0.4) is 0 Å². The molecule has 0 aromatic heterocycles. The van der Waals surface area contributed by atoms with Gasteiger partial charge in [0.25, 0.3) is 0 Å². The molecular weight excluding hydrogens is 294 g/mol. The summed E-state index contributed by atoms with van der Waals surface area (Å²) in [7, 11) is 0. The van der Waals surface area contributed by atoms with Gasteiger partial charge in [-0.1, -0.05) is 38.5 Å². The normalized spacial score (nSPS) is 20.7. The predicted molar refractivity (Wildman–Crippen MR) is 89.4 cm³/mol. The van der Waals surface area contributed by atoms with Crippen molar-refractivity contribution in [1.29, 1.82) is 0 Å². The van der Waals surface area contributed by atoms with E-state index < -0.39 is 11.6 Å². The second kappa shape index (κ2) is 8.91. The quantitative estimate of drug-likeness (QED) is 0.631. The van der Waals surface area contributed by atoms with Gasteiger partial charge in [0.2, 0.25) is 5.82 Å². The number of rotatable bonds is 5. The monoisotopic (exact) mass is 320 g/mol. The van der Waals surface area contributed by atoms with E-state index in [1.165, 1.54) is 37.8 Å². The lowest BCUT2D eigenvalue weighted by Gasteiger charge is -2.25. The molecule has 0 unspecified atom stereocenters. The van der Waals surface area contributed by atoms with Gasteiger partial charge in [0.05, 0.1) is 12.2 Å². The Morgan fingerprint density at radius 2 is 1.78 bits per heavy atom. The van der Waals surface area contributed by atoms with Crippen LogP contribution in [0, 0.1) is 35.3 Å². The lowest BCUT2D eigenvalue weighted by atomic mass is 9.80. The summed E-state index contributed by atoms with van der Waals surface area (Å²) >= 11 is 0. The molecule has 1 aromatic rings. The molecule has 0 aliphatic heterocycles. The Morgan fingerprint density at radius 3 is 2.43 bits per heavy atom. The highest BCUT2D eigenvalue weighted by atomic mass is 19.2. The van der Waals surface area contributed by atoms with Crippen LogP contribution in [0.4, 0.5) is 8.78 Å². The van der Waals surface area contributed by atoms with E-state index in [0.29, 0.717) is 12.5 Å². The highest BCUT2D eigenvalue weighted by Gasteiger charge is 2.19. The molecule has 23 heavy (non-hydrogen) atoms. The van der Waals surface area contributed by atoms with Crippen molar-refractivity contribution in [2.45, 2.75) is 58.8 Å². The maximum atomic E-state index is 14.0. The number of benzene rings is 1. The molecule has 0 spiro atoms. The summed E-state index contributed by atoms with van der Waals surface area (Å²) < 4.78 is 33.2. The van der Waals surface area contributed by atoms with Crippen LogP contribution in [0.5, 0.6) is 5.75 Å². The topological polar surface area (TPSA) is 9.23 Å². The third-order valence-corrected chi connectivity index (χ3v) is 4.46. The van der Waals surface area contributed by atoms with Gasteiger partial charge < -0.3 is 4.74 Å². The summed E-state index contributed by atoms with van der Waals surface area (Å²) in [6.45, 7) is 4.52. The van der Waals surface area contributed by atoms with Gasteiger partial charge in [0, 0.05) is 5.92 Å². The Morgan fingerprint density at radius 1 is 1.04 bits per heavy atom. The third-order valence-electron chi connectivity index (χ3n) is 4.46. The van der Waals surface area contributed by atoms with Crippen LogP contribution in [0.2, 0.25) is 0 Å². The number of ether oxygens (including phenoxy) is 1. The standard InChI is InChI=1S/C20H26F2O/c1-3-5-15-6-8-16(9-7-15)10-11-17-12-13-18(23-14-4-2)20(22)19(17)21/h12-13,15-16H,3-9,14H2,1-2H3. The lowest BCUT2D eigenvalue weighted by molar-refractivity contribution is 0.295. The molecule has 0 amide bonds. The highest BCUT2D eigenvalue weighted by molar-refractivity contribution is 5.41.